The Morgan fingerprint density at radius 1 is 1.19 bits per heavy atom. The molecule has 2 aromatic carbocycles. The van der Waals surface area contributed by atoms with Gasteiger partial charge in [0.1, 0.15) is 18.0 Å². The van der Waals surface area contributed by atoms with Gasteiger partial charge in [0.2, 0.25) is 5.91 Å². The topological polar surface area (TPSA) is 73.8 Å². The fourth-order valence-corrected chi connectivity index (χ4v) is 3.80. The normalized spacial score (nSPS) is 17.2. The van der Waals surface area contributed by atoms with Gasteiger partial charge in [-0.15, -0.1) is 0 Å². The third-order valence-electron chi connectivity index (χ3n) is 5.41. The summed E-state index contributed by atoms with van der Waals surface area (Å²) in [7, 11) is 0. The quantitative estimate of drug-likeness (QED) is 0.549. The van der Waals surface area contributed by atoms with Crippen molar-refractivity contribution >= 4 is 23.2 Å². The van der Waals surface area contributed by atoms with E-state index in [1.54, 1.807) is 19.1 Å². The van der Waals surface area contributed by atoms with Crippen molar-refractivity contribution in [3.8, 4) is 5.75 Å². The molecule has 7 heteroatoms. The van der Waals surface area contributed by atoms with Crippen LogP contribution in [0.1, 0.15) is 32.3 Å². The number of carbonyl (C=O) groups excluding carboxylic acids is 1. The molecule has 1 aliphatic heterocycles. The zero-order valence-electron chi connectivity index (χ0n) is 18.2. The average Bonchev–Trinajstić information content (AvgIpc) is 2.74. The van der Waals surface area contributed by atoms with Gasteiger partial charge in [-0.2, -0.15) is 0 Å². The third-order valence-corrected chi connectivity index (χ3v) is 5.67. The summed E-state index contributed by atoms with van der Waals surface area (Å²) in [6.45, 7) is 6.76. The average molecular weight is 446 g/mol. The second kappa shape index (κ2) is 11.0. The molecular weight excluding hydrogens is 414 g/mol. The van der Waals surface area contributed by atoms with Crippen molar-refractivity contribution in [1.82, 2.24) is 10.2 Å². The lowest BCUT2D eigenvalue weighted by atomic mass is 10.0. The Labute approximate surface area is 189 Å². The highest BCUT2D eigenvalue weighted by atomic mass is 35.5. The predicted molar refractivity (Wildman–Crippen MR) is 125 cm³/mol. The molecule has 0 aliphatic carbocycles. The molecule has 0 radical (unpaired) electrons. The van der Waals surface area contributed by atoms with E-state index in [2.05, 4.69) is 27.7 Å². The van der Waals surface area contributed by atoms with Crippen molar-refractivity contribution in [2.24, 2.45) is 0 Å². The molecule has 0 aromatic heterocycles. The number of likely N-dealkylation sites (tertiary alicyclic amines) is 1. The summed E-state index contributed by atoms with van der Waals surface area (Å²) >= 11 is 5.96. The van der Waals surface area contributed by atoms with E-state index in [4.69, 9.17) is 16.3 Å². The molecule has 1 unspecified atom stereocenters. The lowest BCUT2D eigenvalue weighted by Crippen LogP contribution is -2.49. The Morgan fingerprint density at radius 2 is 1.87 bits per heavy atom. The molecular formula is C24H32ClN3O3. The van der Waals surface area contributed by atoms with Crippen LogP contribution < -0.4 is 15.4 Å². The van der Waals surface area contributed by atoms with E-state index in [1.807, 2.05) is 24.3 Å². The van der Waals surface area contributed by atoms with Gasteiger partial charge in [0.25, 0.3) is 0 Å². The number of aliphatic hydroxyl groups is 1. The minimum absolute atomic E-state index is 0.131. The maximum Gasteiger partial charge on any atom is 0.221 e. The van der Waals surface area contributed by atoms with Crippen LogP contribution in [0.4, 0.5) is 5.69 Å². The van der Waals surface area contributed by atoms with Gasteiger partial charge in [0.15, 0.2) is 0 Å². The Balaban J connectivity index is 1.41. The van der Waals surface area contributed by atoms with Crippen LogP contribution in [0.5, 0.6) is 5.75 Å². The van der Waals surface area contributed by atoms with Crippen molar-refractivity contribution in [3.05, 3.63) is 59.1 Å². The van der Waals surface area contributed by atoms with Crippen LogP contribution in [0, 0.1) is 0 Å². The number of rotatable bonds is 9. The van der Waals surface area contributed by atoms with Gasteiger partial charge in [-0.3, -0.25) is 9.69 Å². The van der Waals surface area contributed by atoms with Crippen molar-refractivity contribution in [1.29, 1.82) is 0 Å². The number of para-hydroxylation sites is 2. The highest BCUT2D eigenvalue weighted by molar-refractivity contribution is 6.30. The van der Waals surface area contributed by atoms with Crippen LogP contribution in [-0.4, -0.2) is 53.8 Å². The highest BCUT2D eigenvalue weighted by Crippen LogP contribution is 2.25. The van der Waals surface area contributed by atoms with Crippen LogP contribution in [0.25, 0.3) is 0 Å². The van der Waals surface area contributed by atoms with E-state index in [-0.39, 0.29) is 12.5 Å². The van der Waals surface area contributed by atoms with Crippen molar-refractivity contribution in [2.45, 2.75) is 44.9 Å². The molecule has 3 rings (SSSR count). The number of ether oxygens (including phenoxy) is 1. The number of hydrogen-bond donors (Lipinski definition) is 3. The maximum absolute atomic E-state index is 11.3. The Kier molecular flexibility index (Phi) is 8.32. The van der Waals surface area contributed by atoms with Crippen LogP contribution in [0.2, 0.25) is 5.02 Å². The zero-order valence-corrected chi connectivity index (χ0v) is 19.0. The Hall–Kier alpha value is -2.12. The number of anilines is 1. The van der Waals surface area contributed by atoms with E-state index >= 15 is 0 Å². The summed E-state index contributed by atoms with van der Waals surface area (Å²) < 4.78 is 5.81. The number of piperidine rings is 1. The first-order chi connectivity index (χ1) is 14.8. The van der Waals surface area contributed by atoms with Gasteiger partial charge in [0, 0.05) is 31.1 Å². The first-order valence-corrected chi connectivity index (χ1v) is 11.1. The largest absolute Gasteiger partial charge is 0.488 e. The standard InChI is InChI=1S/C24H32ClN3O3/c1-18(29)27-22-5-3-4-6-23(22)31-17-24(2,30)16-26-21-11-13-28(14-12-21)15-19-7-9-20(25)10-8-19/h3-10,21,26,30H,11-17H2,1-2H3,(H,27,29). The second-order valence-corrected chi connectivity index (χ2v) is 8.96. The minimum atomic E-state index is -1.02. The number of benzene rings is 2. The maximum atomic E-state index is 11.3. The molecule has 1 aliphatic rings. The van der Waals surface area contributed by atoms with Crippen LogP contribution >= 0.6 is 11.6 Å². The van der Waals surface area contributed by atoms with Gasteiger partial charge in [0.05, 0.1) is 5.69 Å². The molecule has 3 N–H and O–H groups in total. The molecule has 1 heterocycles. The molecule has 0 bridgehead atoms. The number of carbonyl (C=O) groups is 1. The Bertz CT molecular complexity index is 849. The van der Waals surface area contributed by atoms with Crippen LogP contribution in [0.15, 0.2) is 48.5 Å². The van der Waals surface area contributed by atoms with E-state index in [0.29, 0.717) is 24.0 Å². The molecule has 0 saturated carbocycles. The molecule has 0 spiro atoms. The molecule has 2 aromatic rings. The van der Waals surface area contributed by atoms with E-state index in [0.717, 1.165) is 37.5 Å². The smallest absolute Gasteiger partial charge is 0.221 e. The van der Waals surface area contributed by atoms with Gasteiger partial charge >= 0.3 is 0 Å². The first-order valence-electron chi connectivity index (χ1n) is 10.7. The highest BCUT2D eigenvalue weighted by Gasteiger charge is 2.25. The predicted octanol–water partition coefficient (Wildman–Crippen LogP) is 3.68. The number of nitrogens with one attached hydrogen (secondary N) is 2. The van der Waals surface area contributed by atoms with Crippen molar-refractivity contribution in [2.75, 3.05) is 31.6 Å². The zero-order chi connectivity index (χ0) is 22.3. The molecule has 1 atom stereocenters. The first kappa shape index (κ1) is 23.5. The van der Waals surface area contributed by atoms with Gasteiger partial charge in [-0.05, 0) is 62.7 Å². The second-order valence-electron chi connectivity index (χ2n) is 8.52. The number of halogens is 1. The van der Waals surface area contributed by atoms with Crippen molar-refractivity contribution < 1.29 is 14.6 Å². The van der Waals surface area contributed by atoms with Crippen LogP contribution in [0.3, 0.4) is 0 Å². The van der Waals surface area contributed by atoms with Gasteiger partial charge < -0.3 is 20.5 Å². The fraction of sp³-hybridized carbons (Fsp3) is 0.458. The molecule has 1 saturated heterocycles. The van der Waals surface area contributed by atoms with E-state index < -0.39 is 5.60 Å². The molecule has 1 fully saturated rings. The van der Waals surface area contributed by atoms with E-state index in [9.17, 15) is 9.90 Å². The summed E-state index contributed by atoms with van der Waals surface area (Å²) in [4.78, 5) is 13.8. The molecule has 1 amide bonds. The fourth-order valence-electron chi connectivity index (χ4n) is 3.68. The monoisotopic (exact) mass is 445 g/mol. The van der Waals surface area contributed by atoms with Crippen LogP contribution in [-0.2, 0) is 11.3 Å². The van der Waals surface area contributed by atoms with Crippen molar-refractivity contribution in [3.63, 3.8) is 0 Å². The Morgan fingerprint density at radius 3 is 2.55 bits per heavy atom. The lowest BCUT2D eigenvalue weighted by molar-refractivity contribution is -0.114. The molecule has 168 valence electrons. The SMILES string of the molecule is CC(=O)Nc1ccccc1OCC(C)(O)CNC1CCN(Cc2ccc(Cl)cc2)CC1. The summed E-state index contributed by atoms with van der Waals surface area (Å²) in [6.07, 6.45) is 2.08. The van der Waals surface area contributed by atoms with Gasteiger partial charge in [-0.1, -0.05) is 35.9 Å². The number of nitrogens with zero attached hydrogens (tertiary/aromatic N) is 1. The van der Waals surface area contributed by atoms with Gasteiger partial charge in [-0.25, -0.2) is 0 Å². The van der Waals surface area contributed by atoms with E-state index in [1.165, 1.54) is 12.5 Å². The third kappa shape index (κ3) is 7.82. The summed E-state index contributed by atoms with van der Waals surface area (Å²) in [5.74, 6) is 0.389. The summed E-state index contributed by atoms with van der Waals surface area (Å²) in [6, 6.07) is 15.6. The summed E-state index contributed by atoms with van der Waals surface area (Å²) in [5, 5.41) is 17.8. The minimum Gasteiger partial charge on any atom is -0.488 e. The number of amides is 1. The number of hydrogen-bond acceptors (Lipinski definition) is 5. The summed E-state index contributed by atoms with van der Waals surface area (Å²) in [5.41, 5.74) is 0.853. The molecule has 31 heavy (non-hydrogen) atoms. The molecule has 6 nitrogen and oxygen atoms in total. The lowest BCUT2D eigenvalue weighted by Gasteiger charge is -2.34.